The van der Waals surface area contributed by atoms with Crippen LogP contribution >= 0.6 is 0 Å². The van der Waals surface area contributed by atoms with Crippen molar-refractivity contribution in [1.29, 1.82) is 0 Å². The average molecular weight is 268 g/mol. The molecule has 5 heteroatoms. The van der Waals surface area contributed by atoms with Gasteiger partial charge in [0, 0.05) is 30.3 Å². The molecule has 1 aromatic carbocycles. The Hall–Kier alpha value is -1.49. The molecule has 2 rings (SSSR count). The molecule has 1 aromatic rings. The van der Waals surface area contributed by atoms with Gasteiger partial charge >= 0.3 is 0 Å². The van der Waals surface area contributed by atoms with E-state index in [9.17, 15) is 13.6 Å². The van der Waals surface area contributed by atoms with Gasteiger partial charge < -0.3 is 10.6 Å². The van der Waals surface area contributed by atoms with E-state index in [4.69, 9.17) is 5.73 Å². The van der Waals surface area contributed by atoms with Gasteiger partial charge in [0.15, 0.2) is 0 Å². The van der Waals surface area contributed by atoms with E-state index in [1.165, 1.54) is 17.0 Å². The molecule has 1 aliphatic rings. The minimum absolute atomic E-state index is 0.0744. The van der Waals surface area contributed by atoms with Crippen molar-refractivity contribution in [2.24, 2.45) is 5.73 Å². The first-order chi connectivity index (χ1) is 8.60. The van der Waals surface area contributed by atoms with Crippen molar-refractivity contribution in [1.82, 2.24) is 0 Å². The third-order valence-electron chi connectivity index (χ3n) is 3.26. The lowest BCUT2D eigenvalue weighted by molar-refractivity contribution is -0.117. The number of halogens is 2. The van der Waals surface area contributed by atoms with Crippen LogP contribution in [0, 0.1) is 0 Å². The second-order valence-corrected chi connectivity index (χ2v) is 5.84. The molecule has 0 spiro atoms. The number of benzene rings is 1. The molecule has 0 atom stereocenters. The topological polar surface area (TPSA) is 46.3 Å². The Morgan fingerprint density at radius 2 is 2.00 bits per heavy atom. The second-order valence-electron chi connectivity index (χ2n) is 5.84. The molecule has 1 heterocycles. The monoisotopic (exact) mass is 268 g/mol. The molecule has 3 nitrogen and oxygen atoms in total. The van der Waals surface area contributed by atoms with Crippen molar-refractivity contribution in [2.75, 3.05) is 11.9 Å². The van der Waals surface area contributed by atoms with E-state index in [1.807, 2.05) is 0 Å². The Bertz CT molecular complexity index is 521. The third kappa shape index (κ3) is 2.76. The highest BCUT2D eigenvalue weighted by Crippen LogP contribution is 2.38. The first kappa shape index (κ1) is 13.9. The molecule has 1 aliphatic heterocycles. The molecular formula is C14H18F2N2O. The molecule has 0 fully saturated rings. The first-order valence-electron chi connectivity index (χ1n) is 6.17. The van der Waals surface area contributed by atoms with Gasteiger partial charge in [0.1, 0.15) is 0 Å². The third-order valence-corrected chi connectivity index (χ3v) is 3.26. The normalized spacial score (nSPS) is 15.9. The number of amides is 1. The summed E-state index contributed by atoms with van der Waals surface area (Å²) >= 11 is 0. The summed E-state index contributed by atoms with van der Waals surface area (Å²) in [6.45, 7) is 3.15. The molecule has 2 N–H and O–H groups in total. The molecular weight excluding hydrogens is 250 g/mol. The fourth-order valence-corrected chi connectivity index (χ4v) is 2.37. The van der Waals surface area contributed by atoms with E-state index in [2.05, 4.69) is 0 Å². The zero-order chi connectivity index (χ0) is 14.4. The fourth-order valence-electron chi connectivity index (χ4n) is 2.37. The van der Waals surface area contributed by atoms with E-state index in [1.54, 1.807) is 27.0 Å². The maximum Gasteiger partial charge on any atom is 0.275 e. The molecule has 0 bridgehead atoms. The summed E-state index contributed by atoms with van der Waals surface area (Å²) < 4.78 is 28.3. The summed E-state index contributed by atoms with van der Waals surface area (Å²) in [6.07, 6.45) is -0.246. The van der Waals surface area contributed by atoms with Crippen molar-refractivity contribution < 1.29 is 13.6 Å². The predicted molar refractivity (Wildman–Crippen MR) is 70.3 cm³/mol. The number of alkyl halides is 2. The highest BCUT2D eigenvalue weighted by Gasteiger charge is 2.38. The van der Waals surface area contributed by atoms with Crippen LogP contribution in [0.4, 0.5) is 14.5 Å². The summed E-state index contributed by atoms with van der Waals surface area (Å²) in [4.78, 5) is 13.0. The number of carbonyl (C=O) groups excluding carboxylic acids is 1. The number of hydrogen-bond donors (Lipinski definition) is 1. The van der Waals surface area contributed by atoms with Gasteiger partial charge in [-0.15, -0.1) is 0 Å². The van der Waals surface area contributed by atoms with Gasteiger partial charge in [-0.3, -0.25) is 4.79 Å². The molecule has 0 unspecified atom stereocenters. The number of hydrogen-bond acceptors (Lipinski definition) is 2. The van der Waals surface area contributed by atoms with Crippen LogP contribution in [0.1, 0.15) is 31.4 Å². The van der Waals surface area contributed by atoms with Gasteiger partial charge in [-0.05, 0) is 31.5 Å². The van der Waals surface area contributed by atoms with Crippen LogP contribution < -0.4 is 10.6 Å². The molecule has 1 amide bonds. The highest BCUT2D eigenvalue weighted by molar-refractivity contribution is 6.00. The van der Waals surface area contributed by atoms with Crippen molar-refractivity contribution in [3.8, 4) is 0 Å². The summed E-state index contributed by atoms with van der Waals surface area (Å²) in [6, 6.07) is 4.37. The molecule has 0 saturated heterocycles. The van der Waals surface area contributed by atoms with Crippen LogP contribution in [0.3, 0.4) is 0 Å². The van der Waals surface area contributed by atoms with Crippen LogP contribution in [0.5, 0.6) is 0 Å². The number of anilines is 1. The molecule has 104 valence electrons. The minimum atomic E-state index is -2.99. The zero-order valence-electron chi connectivity index (χ0n) is 11.3. The largest absolute Gasteiger partial charge is 0.325 e. The van der Waals surface area contributed by atoms with E-state index in [-0.39, 0.29) is 17.9 Å². The standard InChI is InChI=1S/C14H18F2N2O/c1-13(2,17)8-14(15,16)10-4-5-11-9(6-10)7-12(19)18(11)3/h4-6H,7-8,17H2,1-3H3. The maximum atomic E-state index is 14.1. The smallest absolute Gasteiger partial charge is 0.275 e. The lowest BCUT2D eigenvalue weighted by Gasteiger charge is -2.26. The van der Waals surface area contributed by atoms with Gasteiger partial charge in [-0.25, -0.2) is 8.78 Å². The second kappa shape index (κ2) is 4.27. The molecule has 0 saturated carbocycles. The Morgan fingerprint density at radius 1 is 1.37 bits per heavy atom. The fraction of sp³-hybridized carbons (Fsp3) is 0.500. The van der Waals surface area contributed by atoms with Crippen LogP contribution in [0.25, 0.3) is 0 Å². The molecule has 19 heavy (non-hydrogen) atoms. The lowest BCUT2D eigenvalue weighted by atomic mass is 9.92. The van der Waals surface area contributed by atoms with Gasteiger partial charge in [0.2, 0.25) is 5.91 Å². The van der Waals surface area contributed by atoms with Crippen molar-refractivity contribution in [3.05, 3.63) is 29.3 Å². The van der Waals surface area contributed by atoms with Crippen LogP contribution in [0.2, 0.25) is 0 Å². The summed E-state index contributed by atoms with van der Waals surface area (Å²) in [5.74, 6) is -3.06. The van der Waals surface area contributed by atoms with Crippen LogP contribution in [-0.4, -0.2) is 18.5 Å². The minimum Gasteiger partial charge on any atom is -0.325 e. The average Bonchev–Trinajstić information content (AvgIpc) is 2.51. The zero-order valence-corrected chi connectivity index (χ0v) is 11.3. The van der Waals surface area contributed by atoms with Crippen LogP contribution in [0.15, 0.2) is 18.2 Å². The summed E-state index contributed by atoms with van der Waals surface area (Å²) in [7, 11) is 1.65. The Kier molecular flexibility index (Phi) is 3.13. The van der Waals surface area contributed by atoms with Crippen molar-refractivity contribution in [2.45, 2.75) is 38.2 Å². The number of nitrogens with two attached hydrogens (primary N) is 1. The summed E-state index contributed by atoms with van der Waals surface area (Å²) in [5.41, 5.74) is 6.01. The van der Waals surface area contributed by atoms with Gasteiger partial charge in [-0.2, -0.15) is 0 Å². The molecule has 0 radical (unpaired) electrons. The Labute approximate surface area is 111 Å². The number of fused-ring (bicyclic) bond motifs is 1. The number of rotatable bonds is 3. The number of nitrogens with zero attached hydrogens (tertiary/aromatic N) is 1. The lowest BCUT2D eigenvalue weighted by Crippen LogP contribution is -2.38. The SMILES string of the molecule is CN1C(=O)Cc2cc(C(F)(F)CC(C)(C)N)ccc21. The van der Waals surface area contributed by atoms with Gasteiger partial charge in [0.05, 0.1) is 6.42 Å². The number of likely N-dealkylation sites (N-methyl/N-ethyl adjacent to an activating group) is 1. The van der Waals surface area contributed by atoms with E-state index in [0.717, 1.165) is 0 Å². The quantitative estimate of drug-likeness (QED) is 0.915. The molecule has 0 aromatic heterocycles. The first-order valence-corrected chi connectivity index (χ1v) is 6.17. The molecule has 0 aliphatic carbocycles. The van der Waals surface area contributed by atoms with Gasteiger partial charge in [0.25, 0.3) is 5.92 Å². The van der Waals surface area contributed by atoms with Crippen LogP contribution in [-0.2, 0) is 17.1 Å². The Balaban J connectivity index is 2.34. The van der Waals surface area contributed by atoms with Crippen molar-refractivity contribution in [3.63, 3.8) is 0 Å². The predicted octanol–water partition coefficient (Wildman–Crippen LogP) is 2.42. The van der Waals surface area contributed by atoms with E-state index >= 15 is 0 Å². The summed E-state index contributed by atoms with van der Waals surface area (Å²) in [5, 5.41) is 0. The number of carbonyl (C=O) groups is 1. The van der Waals surface area contributed by atoms with Crippen molar-refractivity contribution >= 4 is 11.6 Å². The van der Waals surface area contributed by atoms with E-state index < -0.39 is 17.9 Å². The van der Waals surface area contributed by atoms with E-state index in [0.29, 0.717) is 11.3 Å². The maximum absolute atomic E-state index is 14.1. The highest BCUT2D eigenvalue weighted by atomic mass is 19.3. The Morgan fingerprint density at radius 3 is 2.58 bits per heavy atom. The van der Waals surface area contributed by atoms with Gasteiger partial charge in [-0.1, -0.05) is 6.07 Å².